The van der Waals surface area contributed by atoms with Crippen LogP contribution in [0.3, 0.4) is 0 Å². The number of aryl methyl sites for hydroxylation is 2. The summed E-state index contributed by atoms with van der Waals surface area (Å²) in [5.74, 6) is 1.04. The minimum atomic E-state index is -3.98. The third-order valence-electron chi connectivity index (χ3n) is 7.83. The van der Waals surface area contributed by atoms with Gasteiger partial charge in [-0.05, 0) is 74.4 Å². The lowest BCUT2D eigenvalue weighted by Gasteiger charge is -2.30. The van der Waals surface area contributed by atoms with Crippen molar-refractivity contribution in [3.8, 4) is 11.5 Å². The average Bonchev–Trinajstić information content (AvgIpc) is 3.63. The molecule has 4 heterocycles. The lowest BCUT2D eigenvalue weighted by Crippen LogP contribution is -2.35. The molecule has 12 heteroatoms. The normalized spacial score (nSPS) is 16.2. The summed E-state index contributed by atoms with van der Waals surface area (Å²) in [5.41, 5.74) is 3.44. The van der Waals surface area contributed by atoms with Gasteiger partial charge in [-0.2, -0.15) is 8.42 Å². The smallest absolute Gasteiger partial charge is 0.331 e. The Hall–Kier alpha value is -4.78. The molecule has 1 N–H and O–H groups in total. The van der Waals surface area contributed by atoms with Gasteiger partial charge in [-0.25, -0.2) is 9.78 Å². The third-order valence-corrected chi connectivity index (χ3v) is 10.3. The number of hydrogen-bond acceptors (Lipinski definition) is 8. The first kappa shape index (κ1) is 29.0. The summed E-state index contributed by atoms with van der Waals surface area (Å²) in [4.78, 5) is 36.1. The van der Waals surface area contributed by atoms with E-state index in [-0.39, 0.29) is 17.3 Å². The van der Waals surface area contributed by atoms with Crippen molar-refractivity contribution in [1.29, 1.82) is 0 Å². The number of likely N-dealkylation sites (tertiary alicyclic amines) is 1. The number of nitrogens with one attached hydrogen (secondary N) is 1. The first-order chi connectivity index (χ1) is 21.7. The number of anilines is 3. The minimum Gasteiger partial charge on any atom is -0.457 e. The molecule has 0 spiro atoms. The number of carbonyl (C=O) groups is 2. The quantitative estimate of drug-likeness (QED) is 0.190. The number of benzene rings is 3. The van der Waals surface area contributed by atoms with Crippen LogP contribution in [0.5, 0.6) is 11.5 Å². The fourth-order valence-electron chi connectivity index (χ4n) is 5.62. The molecule has 5 aromatic rings. The van der Waals surface area contributed by atoms with Gasteiger partial charge in [0.05, 0.1) is 33.4 Å². The molecule has 1 saturated heterocycles. The van der Waals surface area contributed by atoms with Crippen LogP contribution in [0, 0.1) is 13.8 Å². The second-order valence-corrected chi connectivity index (χ2v) is 13.5. The summed E-state index contributed by atoms with van der Waals surface area (Å²) in [6.07, 6.45) is 1.31. The van der Waals surface area contributed by atoms with Gasteiger partial charge in [0.25, 0.3) is 16.0 Å². The molecule has 2 aliphatic heterocycles. The summed E-state index contributed by atoms with van der Waals surface area (Å²) >= 11 is 1.19. The molecule has 0 radical (unpaired) electrons. The third kappa shape index (κ3) is 5.41. The van der Waals surface area contributed by atoms with Crippen LogP contribution in [-0.4, -0.2) is 49.4 Å². The predicted molar refractivity (Wildman–Crippen MR) is 172 cm³/mol. The van der Waals surface area contributed by atoms with Crippen molar-refractivity contribution in [2.75, 3.05) is 23.3 Å². The molecule has 2 aromatic heterocycles. The van der Waals surface area contributed by atoms with Gasteiger partial charge in [0.1, 0.15) is 21.2 Å². The molecule has 7 rings (SSSR count). The molecule has 0 aliphatic carbocycles. The highest BCUT2D eigenvalue weighted by molar-refractivity contribution is 7.86. The second kappa shape index (κ2) is 11.3. The van der Waals surface area contributed by atoms with Crippen molar-refractivity contribution in [1.82, 2.24) is 9.88 Å². The Bertz CT molecular complexity index is 2060. The molecule has 3 aromatic carbocycles. The number of hydrogen-bond donors (Lipinski definition) is 1. The highest BCUT2D eigenvalue weighted by Gasteiger charge is 2.37. The maximum absolute atomic E-state index is 13.8. The zero-order chi connectivity index (χ0) is 31.3. The molecule has 1 fully saturated rings. The molecule has 1 unspecified atom stereocenters. The van der Waals surface area contributed by atoms with E-state index in [0.717, 1.165) is 11.1 Å². The molecule has 0 saturated carbocycles. The number of carbonyl (C=O) groups excluding carboxylic acids is 2. The zero-order valence-corrected chi connectivity index (χ0v) is 26.0. The summed E-state index contributed by atoms with van der Waals surface area (Å²) in [6, 6.07) is 22.8. The number of urea groups is 1. The van der Waals surface area contributed by atoms with Crippen molar-refractivity contribution in [3.05, 3.63) is 101 Å². The Morgan fingerprint density at radius 1 is 0.978 bits per heavy atom. The minimum absolute atomic E-state index is 0.0753. The lowest BCUT2D eigenvalue weighted by atomic mass is 10.1. The van der Waals surface area contributed by atoms with Gasteiger partial charge < -0.3 is 15.0 Å². The molecule has 0 bridgehead atoms. The van der Waals surface area contributed by atoms with Crippen molar-refractivity contribution in [3.63, 3.8) is 0 Å². The fourth-order valence-corrected chi connectivity index (χ4v) is 7.80. The maximum Gasteiger partial charge on any atom is 0.331 e. The number of ether oxygens (including phenoxy) is 1. The molecular weight excluding hydrogens is 613 g/mol. The van der Waals surface area contributed by atoms with Gasteiger partial charge in [-0.1, -0.05) is 35.9 Å². The predicted octanol–water partition coefficient (Wildman–Crippen LogP) is 7.01. The highest BCUT2D eigenvalue weighted by atomic mass is 32.2. The van der Waals surface area contributed by atoms with Crippen LogP contribution in [-0.2, 0) is 14.3 Å². The van der Waals surface area contributed by atoms with Gasteiger partial charge >= 0.3 is 6.03 Å². The van der Waals surface area contributed by atoms with E-state index in [2.05, 4.69) is 10.3 Å². The Morgan fingerprint density at radius 3 is 2.51 bits per heavy atom. The second-order valence-electron chi connectivity index (χ2n) is 11.0. The summed E-state index contributed by atoms with van der Waals surface area (Å²) in [6.45, 7) is 4.20. The largest absolute Gasteiger partial charge is 0.457 e. The first-order valence-electron chi connectivity index (χ1n) is 14.3. The van der Waals surface area contributed by atoms with Crippen LogP contribution in [0.1, 0.15) is 27.2 Å². The highest BCUT2D eigenvalue weighted by Crippen LogP contribution is 2.47. The Morgan fingerprint density at radius 2 is 1.76 bits per heavy atom. The number of para-hydroxylation sites is 1. The molecule has 2 aliphatic rings. The van der Waals surface area contributed by atoms with Crippen molar-refractivity contribution < 1.29 is 26.9 Å². The van der Waals surface area contributed by atoms with Gasteiger partial charge in [-0.3, -0.25) is 13.9 Å². The molecule has 228 valence electrons. The SMILES string of the molecule is Cc1ccc(S(=O)(=O)OC2CCN(C(=O)c3sc4nccc5c4c3NC(=O)N5c3ccc(Oc4ccccc4)cc3C)C2)cc1. The van der Waals surface area contributed by atoms with Crippen LogP contribution < -0.4 is 15.0 Å². The molecule has 45 heavy (non-hydrogen) atoms. The molecule has 1 atom stereocenters. The topological polar surface area (TPSA) is 118 Å². The number of pyridine rings is 1. The van der Waals surface area contributed by atoms with Crippen LogP contribution in [0.4, 0.5) is 21.9 Å². The van der Waals surface area contributed by atoms with E-state index in [4.69, 9.17) is 8.92 Å². The van der Waals surface area contributed by atoms with Crippen LogP contribution in [0.25, 0.3) is 10.2 Å². The zero-order valence-electron chi connectivity index (χ0n) is 24.4. The lowest BCUT2D eigenvalue weighted by molar-refractivity contribution is 0.0779. The molecule has 3 amide bonds. The van der Waals surface area contributed by atoms with E-state index in [1.807, 2.05) is 62.4 Å². The van der Waals surface area contributed by atoms with Crippen LogP contribution in [0.15, 0.2) is 90.0 Å². The first-order valence-corrected chi connectivity index (χ1v) is 16.6. The number of thiophene rings is 1. The monoisotopic (exact) mass is 640 g/mol. The fraction of sp³-hybridized carbons (Fsp3) is 0.182. The molecular formula is C33H28N4O6S2. The van der Waals surface area contributed by atoms with E-state index in [0.29, 0.717) is 56.6 Å². The van der Waals surface area contributed by atoms with Gasteiger partial charge in [0.2, 0.25) is 0 Å². The van der Waals surface area contributed by atoms with E-state index in [9.17, 15) is 18.0 Å². The van der Waals surface area contributed by atoms with E-state index >= 15 is 0 Å². The maximum atomic E-state index is 13.8. The van der Waals surface area contributed by atoms with Crippen molar-refractivity contribution in [2.45, 2.75) is 31.3 Å². The van der Waals surface area contributed by atoms with Gasteiger partial charge in [0.15, 0.2) is 0 Å². The van der Waals surface area contributed by atoms with E-state index < -0.39 is 22.3 Å². The summed E-state index contributed by atoms with van der Waals surface area (Å²) < 4.78 is 37.1. The Balaban J connectivity index is 1.14. The van der Waals surface area contributed by atoms with Crippen molar-refractivity contribution >= 4 is 60.7 Å². The summed E-state index contributed by atoms with van der Waals surface area (Å²) in [7, 11) is -3.98. The van der Waals surface area contributed by atoms with Gasteiger partial charge in [-0.15, -0.1) is 11.3 Å². The number of rotatable bonds is 7. The molecule has 10 nitrogen and oxygen atoms in total. The van der Waals surface area contributed by atoms with Crippen LogP contribution in [0.2, 0.25) is 0 Å². The van der Waals surface area contributed by atoms with E-state index in [1.54, 1.807) is 34.2 Å². The Labute approximate surface area is 264 Å². The van der Waals surface area contributed by atoms with Crippen molar-refractivity contribution in [2.24, 2.45) is 0 Å². The standard InChI is InChI=1S/C33H28N4O6S2/c1-20-8-11-25(12-9-20)45(40,41)43-24-15-17-36(19-24)32(38)30-29-28-27(14-16-34-31(28)44-30)37(33(39)35-29)26-13-10-23(18-21(26)2)42-22-6-4-3-5-7-22/h3-14,16,18,24H,15,17,19H2,1-2H3,(H,35,39). The van der Waals surface area contributed by atoms with E-state index in [1.165, 1.54) is 23.5 Å². The Kier molecular flexibility index (Phi) is 7.27. The summed E-state index contributed by atoms with van der Waals surface area (Å²) in [5, 5.41) is 3.60. The number of nitrogens with zero attached hydrogens (tertiary/aromatic N) is 3. The van der Waals surface area contributed by atoms with Gasteiger partial charge in [0, 0.05) is 19.3 Å². The average molecular weight is 641 g/mol. The van der Waals surface area contributed by atoms with Crippen LogP contribution >= 0.6 is 11.3 Å². The number of amides is 3. The number of aromatic nitrogens is 1.